The molecule has 0 radical (unpaired) electrons. The molecule has 32 heavy (non-hydrogen) atoms. The lowest BCUT2D eigenvalue weighted by Crippen LogP contribution is -2.47. The van der Waals surface area contributed by atoms with Crippen molar-refractivity contribution in [3.63, 3.8) is 0 Å². The second kappa shape index (κ2) is 9.38. The van der Waals surface area contributed by atoms with Gasteiger partial charge in [-0.05, 0) is 24.6 Å². The van der Waals surface area contributed by atoms with Gasteiger partial charge in [-0.3, -0.25) is 0 Å². The number of rotatable bonds is 6. The number of carbonyl (C=O) groups is 3. The number of hydrogen-bond donors (Lipinski definition) is 2. The summed E-state index contributed by atoms with van der Waals surface area (Å²) in [7, 11) is 0. The summed E-state index contributed by atoms with van der Waals surface area (Å²) < 4.78 is 16.2. The number of para-hydroxylation sites is 1. The Morgan fingerprint density at radius 2 is 1.78 bits per heavy atom. The first-order valence-electron chi connectivity index (χ1n) is 10.2. The minimum Gasteiger partial charge on any atom is -0.488 e. The van der Waals surface area contributed by atoms with E-state index in [0.29, 0.717) is 16.9 Å². The highest BCUT2D eigenvalue weighted by molar-refractivity contribution is 5.97. The Labute approximate surface area is 184 Å². The van der Waals surface area contributed by atoms with Crippen LogP contribution >= 0.6 is 0 Å². The van der Waals surface area contributed by atoms with E-state index in [1.54, 1.807) is 37.3 Å². The van der Waals surface area contributed by atoms with Crippen LogP contribution in [0.4, 0.5) is 4.79 Å². The van der Waals surface area contributed by atoms with Crippen molar-refractivity contribution in [1.82, 2.24) is 10.6 Å². The van der Waals surface area contributed by atoms with Crippen LogP contribution in [0.1, 0.15) is 24.1 Å². The smallest absolute Gasteiger partial charge is 0.338 e. The van der Waals surface area contributed by atoms with E-state index in [-0.39, 0.29) is 31.1 Å². The molecule has 1 unspecified atom stereocenters. The van der Waals surface area contributed by atoms with Crippen LogP contribution in [0.5, 0.6) is 5.75 Å². The lowest BCUT2D eigenvalue weighted by Gasteiger charge is -2.29. The molecule has 0 saturated heterocycles. The van der Waals surface area contributed by atoms with Gasteiger partial charge in [0.15, 0.2) is 0 Å². The number of carbonyl (C=O) groups excluding carboxylic acids is 3. The van der Waals surface area contributed by atoms with Gasteiger partial charge >= 0.3 is 18.0 Å². The van der Waals surface area contributed by atoms with Crippen LogP contribution in [0.2, 0.25) is 0 Å². The summed E-state index contributed by atoms with van der Waals surface area (Å²) in [6.45, 7) is 1.62. The summed E-state index contributed by atoms with van der Waals surface area (Å²) in [6, 6.07) is 15.1. The van der Waals surface area contributed by atoms with Crippen molar-refractivity contribution in [1.29, 1.82) is 0 Å². The molecular formula is C24H22N2O6. The van der Waals surface area contributed by atoms with Gasteiger partial charge in [-0.15, -0.1) is 0 Å². The van der Waals surface area contributed by atoms with E-state index in [4.69, 9.17) is 14.2 Å². The molecule has 8 heteroatoms. The highest BCUT2D eigenvalue weighted by Gasteiger charge is 2.34. The normalized spacial score (nSPS) is 17.2. The Morgan fingerprint density at radius 1 is 1.03 bits per heavy atom. The second-order valence-corrected chi connectivity index (χ2v) is 7.13. The average Bonchev–Trinajstić information content (AvgIpc) is 2.82. The predicted octanol–water partition coefficient (Wildman–Crippen LogP) is 2.88. The maximum absolute atomic E-state index is 12.7. The number of urea groups is 1. The van der Waals surface area contributed by atoms with Crippen molar-refractivity contribution in [3.8, 4) is 5.75 Å². The van der Waals surface area contributed by atoms with Gasteiger partial charge in [-0.25, -0.2) is 14.4 Å². The zero-order chi connectivity index (χ0) is 22.5. The number of amides is 2. The third-order valence-corrected chi connectivity index (χ3v) is 5.02. The topological polar surface area (TPSA) is 103 Å². The molecule has 0 aliphatic carbocycles. The molecule has 2 N–H and O–H groups in total. The van der Waals surface area contributed by atoms with E-state index in [1.165, 1.54) is 0 Å². The molecule has 0 saturated carbocycles. The van der Waals surface area contributed by atoms with Crippen LogP contribution in [0.15, 0.2) is 71.4 Å². The van der Waals surface area contributed by atoms with Gasteiger partial charge in [-0.1, -0.05) is 48.5 Å². The van der Waals surface area contributed by atoms with Gasteiger partial charge in [0.25, 0.3) is 0 Å². The zero-order valence-corrected chi connectivity index (χ0v) is 17.4. The molecule has 164 valence electrons. The molecule has 1 atom stereocenters. The van der Waals surface area contributed by atoms with E-state index >= 15 is 0 Å². The van der Waals surface area contributed by atoms with Crippen molar-refractivity contribution in [3.05, 3.63) is 82.6 Å². The van der Waals surface area contributed by atoms with Gasteiger partial charge < -0.3 is 24.8 Å². The highest BCUT2D eigenvalue weighted by Crippen LogP contribution is 2.29. The summed E-state index contributed by atoms with van der Waals surface area (Å²) in [5, 5.41) is 5.31. The van der Waals surface area contributed by atoms with Crippen molar-refractivity contribution in [2.24, 2.45) is 0 Å². The van der Waals surface area contributed by atoms with Crippen LogP contribution in [0.3, 0.4) is 0 Å². The Kier molecular flexibility index (Phi) is 6.21. The third kappa shape index (κ3) is 4.49. The van der Waals surface area contributed by atoms with E-state index in [2.05, 4.69) is 10.6 Å². The Bertz CT molecular complexity index is 1110. The van der Waals surface area contributed by atoms with Crippen molar-refractivity contribution >= 4 is 24.0 Å². The number of ether oxygens (including phenoxy) is 3. The van der Waals surface area contributed by atoms with Gasteiger partial charge in [0.1, 0.15) is 19.0 Å². The monoisotopic (exact) mass is 434 g/mol. The largest absolute Gasteiger partial charge is 0.488 e. The molecule has 8 nitrogen and oxygen atoms in total. The Hall–Kier alpha value is -4.07. The van der Waals surface area contributed by atoms with Crippen molar-refractivity contribution < 1.29 is 28.6 Å². The van der Waals surface area contributed by atoms with E-state index < -0.39 is 24.0 Å². The first-order chi connectivity index (χ1) is 15.6. The number of hydrogen-bond acceptors (Lipinski definition) is 6. The summed E-state index contributed by atoms with van der Waals surface area (Å²) >= 11 is 0. The fourth-order valence-electron chi connectivity index (χ4n) is 3.54. The molecule has 0 fully saturated rings. The number of nitrogens with one attached hydrogen (secondary N) is 2. The first kappa shape index (κ1) is 21.2. The number of esters is 2. The fourth-order valence-corrected chi connectivity index (χ4v) is 3.54. The maximum atomic E-state index is 12.7. The van der Waals surface area contributed by atoms with Gasteiger partial charge in [-0.2, -0.15) is 0 Å². The van der Waals surface area contributed by atoms with E-state index in [0.717, 1.165) is 5.56 Å². The van der Waals surface area contributed by atoms with Crippen LogP contribution in [-0.4, -0.2) is 37.8 Å². The van der Waals surface area contributed by atoms with Crippen LogP contribution in [0.25, 0.3) is 6.08 Å². The molecule has 2 aromatic rings. The fraction of sp³-hybridized carbons (Fsp3) is 0.208. The molecule has 2 amide bonds. The number of fused-ring (bicyclic) bond motifs is 1. The lowest BCUT2D eigenvalue weighted by molar-refractivity contribution is -0.141. The molecular weight excluding hydrogens is 412 g/mol. The van der Waals surface area contributed by atoms with E-state index in [1.807, 2.05) is 30.3 Å². The molecule has 2 aliphatic heterocycles. The minimum absolute atomic E-state index is 0.0696. The van der Waals surface area contributed by atoms with Gasteiger partial charge in [0.2, 0.25) is 0 Å². The van der Waals surface area contributed by atoms with Gasteiger partial charge in [0.05, 0.1) is 29.5 Å². The van der Waals surface area contributed by atoms with Crippen molar-refractivity contribution in [2.75, 3.05) is 19.8 Å². The van der Waals surface area contributed by atoms with Crippen LogP contribution in [-0.2, 0) is 19.1 Å². The van der Waals surface area contributed by atoms with Gasteiger partial charge in [0, 0.05) is 5.56 Å². The second-order valence-electron chi connectivity index (χ2n) is 7.13. The molecule has 0 aromatic heterocycles. The average molecular weight is 434 g/mol. The van der Waals surface area contributed by atoms with Crippen LogP contribution in [0, 0.1) is 0 Å². The molecule has 0 spiro atoms. The SMILES string of the molecule is CCOC(=O)C1=C(COC(=O)C2=Cc3ccccc3OC2)NC(=O)NC1c1ccccc1. The molecule has 0 bridgehead atoms. The Balaban J connectivity index is 1.59. The summed E-state index contributed by atoms with van der Waals surface area (Å²) in [4.78, 5) is 37.7. The predicted molar refractivity (Wildman–Crippen MR) is 115 cm³/mol. The summed E-state index contributed by atoms with van der Waals surface area (Å²) in [6.07, 6.45) is 1.70. The zero-order valence-electron chi connectivity index (χ0n) is 17.4. The molecule has 2 heterocycles. The lowest BCUT2D eigenvalue weighted by atomic mass is 9.95. The number of benzene rings is 2. The summed E-state index contributed by atoms with van der Waals surface area (Å²) in [5.41, 5.74) is 2.17. The highest BCUT2D eigenvalue weighted by atomic mass is 16.5. The maximum Gasteiger partial charge on any atom is 0.338 e. The molecule has 2 aromatic carbocycles. The van der Waals surface area contributed by atoms with E-state index in [9.17, 15) is 14.4 Å². The summed E-state index contributed by atoms with van der Waals surface area (Å²) in [5.74, 6) is -0.513. The Morgan fingerprint density at radius 3 is 2.56 bits per heavy atom. The van der Waals surface area contributed by atoms with Crippen LogP contribution < -0.4 is 15.4 Å². The molecule has 2 aliphatic rings. The first-order valence-corrected chi connectivity index (χ1v) is 10.2. The minimum atomic E-state index is -0.734. The standard InChI is InChI=1S/C24H22N2O6/c1-2-30-23(28)20-18(25-24(29)26-21(20)15-8-4-3-5-9-15)14-32-22(27)17-12-16-10-6-7-11-19(16)31-13-17/h3-12,21H,2,13-14H2,1H3,(H2,25,26,29). The molecule has 4 rings (SSSR count). The van der Waals surface area contributed by atoms with Crippen molar-refractivity contribution in [2.45, 2.75) is 13.0 Å². The quantitative estimate of drug-likeness (QED) is 0.678. The third-order valence-electron chi connectivity index (χ3n) is 5.02.